The van der Waals surface area contributed by atoms with Gasteiger partial charge in [-0.05, 0) is 0 Å². The first-order valence-electron chi connectivity index (χ1n) is 5.22. The maximum Gasteiger partial charge on any atom is -0.115 e. The zero-order valence-corrected chi connectivity index (χ0v) is 17.9. The van der Waals surface area contributed by atoms with E-state index < -0.39 is 20.2 Å². The molecule has 0 spiro atoms. The van der Waals surface area contributed by atoms with Crippen LogP contribution in [0.25, 0.3) is 0 Å². The summed E-state index contributed by atoms with van der Waals surface area (Å²) in [6.07, 6.45) is 1.20. The third-order valence-electron chi connectivity index (χ3n) is 1.51. The van der Waals surface area contributed by atoms with Crippen LogP contribution in [-0.4, -0.2) is 93.3 Å². The molecule has 0 rings (SSSR count). The van der Waals surface area contributed by atoms with Crippen molar-refractivity contribution in [3.63, 3.8) is 0 Å². The van der Waals surface area contributed by atoms with E-state index in [9.17, 15) is 16.8 Å². The summed E-state index contributed by atoms with van der Waals surface area (Å²) < 4.78 is 58.0. The summed E-state index contributed by atoms with van der Waals surface area (Å²) >= 11 is 8.46. The van der Waals surface area contributed by atoms with Gasteiger partial charge in [0.15, 0.2) is 0 Å². The Balaban J connectivity index is -0.000000219. The number of hydrogen-bond donors (Lipinski definition) is 4. The molecule has 0 radical (unpaired) electrons. The maximum absolute atomic E-state index is 9.96. The second-order valence-electron chi connectivity index (χ2n) is 3.28. The Morgan fingerprint density at radius 2 is 1.00 bits per heavy atom. The van der Waals surface area contributed by atoms with Crippen LogP contribution in [0, 0.1) is 0 Å². The van der Waals surface area contributed by atoms with Crippen molar-refractivity contribution in [1.82, 2.24) is 0 Å². The van der Waals surface area contributed by atoms with E-state index in [1.165, 1.54) is 0 Å². The predicted molar refractivity (Wildman–Crippen MR) is 81.2 cm³/mol. The molecule has 0 unspecified atom stereocenters. The molecule has 0 aromatic carbocycles. The van der Waals surface area contributed by atoms with Crippen molar-refractivity contribution in [2.24, 2.45) is 0 Å². The summed E-state index contributed by atoms with van der Waals surface area (Å²) in [5, 5.41) is 0. The van der Waals surface area contributed by atoms with Gasteiger partial charge in [-0.1, -0.05) is 0 Å². The predicted octanol–water partition coefficient (Wildman–Crippen LogP) is 0.463. The Hall–Kier alpha value is 2.52. The largest absolute Gasteiger partial charge is 0.115 e. The van der Waals surface area contributed by atoms with E-state index in [1.54, 1.807) is 0 Å². The zero-order valence-electron chi connectivity index (χ0n) is 10.5. The third-order valence-corrected chi connectivity index (χ3v) is 4.54. The molecule has 18 heavy (non-hydrogen) atoms. The first kappa shape index (κ1) is 25.5. The van der Waals surface area contributed by atoms with Crippen LogP contribution >= 0.6 is 23.3 Å². The first-order chi connectivity index (χ1) is 8.12. The molecule has 0 fully saturated rings. The smallest absolute Gasteiger partial charge is 0.115 e. The molecule has 2 N–H and O–H groups in total. The van der Waals surface area contributed by atoms with Crippen molar-refractivity contribution in [1.29, 1.82) is 0 Å². The zero-order chi connectivity index (χ0) is 15.2. The fraction of sp³-hybridized carbons (Fsp3) is 1.00. The number of thiol groups is 2. The van der Waals surface area contributed by atoms with Gasteiger partial charge in [0.05, 0.1) is 0 Å². The molecule has 0 bridgehead atoms. The molecule has 0 amide bonds. The molecule has 0 aromatic rings. The Morgan fingerprint density at radius 1 is 0.778 bits per heavy atom. The van der Waals surface area contributed by atoms with Crippen molar-refractivity contribution in [3.8, 4) is 0 Å². The monoisotopic (exact) mass is 358 g/mol. The summed E-state index contributed by atoms with van der Waals surface area (Å²) in [5.41, 5.74) is 0. The normalized spacial score (nSPS) is 10.9. The molecule has 0 atom stereocenters. The summed E-state index contributed by atoms with van der Waals surface area (Å²) in [7, 11) is -7.33. The van der Waals surface area contributed by atoms with Gasteiger partial charge in [0.25, 0.3) is 0 Å². The van der Waals surface area contributed by atoms with Crippen LogP contribution in [0.3, 0.4) is 0 Å². The quantitative estimate of drug-likeness (QED) is 0.238. The molecule has 102 valence electrons. The van der Waals surface area contributed by atoms with Gasteiger partial charge in [-0.3, -0.25) is 0 Å². The minimum atomic E-state index is -3.66. The summed E-state index contributed by atoms with van der Waals surface area (Å²) in [5.74, 6) is -0.146. The van der Waals surface area contributed by atoms with Gasteiger partial charge >= 0.3 is 134 Å². The second-order valence-corrected chi connectivity index (χ2v) is 8.42. The number of hydrogen-bond acceptors (Lipinski definition) is 6. The first-order valence-corrected chi connectivity index (χ1v) is 12.9. The minimum absolute atomic E-state index is 0.0729. The summed E-state index contributed by atoms with van der Waals surface area (Å²) in [6, 6.07) is 0. The second kappa shape index (κ2) is 15.9. The van der Waals surface area contributed by atoms with E-state index in [2.05, 4.69) is 23.3 Å². The Bertz CT molecular complexity index is 318. The molecular weight excluding hydrogens is 342 g/mol. The van der Waals surface area contributed by atoms with Gasteiger partial charge < -0.3 is 0 Å². The van der Waals surface area contributed by atoms with Crippen LogP contribution in [-0.2, 0) is 20.2 Å². The Kier molecular flexibility index (Phi) is 22.5. The molecule has 12 heteroatoms. The summed E-state index contributed by atoms with van der Waals surface area (Å²) in [4.78, 5) is 0. The molecule has 0 saturated heterocycles. The van der Waals surface area contributed by atoms with Crippen molar-refractivity contribution in [3.05, 3.63) is 0 Å². The maximum atomic E-state index is 9.96. The molecule has 0 aliphatic carbocycles. The third kappa shape index (κ3) is 36.3. The van der Waals surface area contributed by atoms with E-state index in [1.807, 2.05) is 0 Å². The van der Waals surface area contributed by atoms with Crippen LogP contribution in [0.5, 0.6) is 0 Å². The molecule has 6 nitrogen and oxygen atoms in total. The molecule has 0 saturated carbocycles. The van der Waals surface area contributed by atoms with Gasteiger partial charge in [-0.25, -0.2) is 0 Å². The van der Waals surface area contributed by atoms with Gasteiger partial charge in [-0.15, -0.1) is 23.3 Å². The SMILES string of the molecule is O=S(=O)(O)CC[CH2][Na].O=S(=O)(O)CC[CH2][Na].SS. The van der Waals surface area contributed by atoms with Gasteiger partial charge in [-0.2, -0.15) is 0 Å². The molecule has 0 aliphatic rings. The van der Waals surface area contributed by atoms with Crippen LogP contribution in [0.1, 0.15) is 12.8 Å². The topological polar surface area (TPSA) is 109 Å². The van der Waals surface area contributed by atoms with Gasteiger partial charge in [0.1, 0.15) is 0 Å². The molecule has 0 heterocycles. The van der Waals surface area contributed by atoms with Crippen LogP contribution in [0.4, 0.5) is 0 Å². The fourth-order valence-electron chi connectivity index (χ4n) is 0.653. The standard InChI is InChI=1S/2C3H7O3S.2Na.H2S2/c2*1-2-3-7(4,5)6;;;1-2/h2*1-3H2,(H,4,5,6);;;1-2H. The average molecular weight is 358 g/mol. The van der Waals surface area contributed by atoms with E-state index >= 15 is 0 Å². The van der Waals surface area contributed by atoms with E-state index in [0.29, 0.717) is 12.8 Å². The van der Waals surface area contributed by atoms with Crippen LogP contribution in [0.2, 0.25) is 7.34 Å². The Labute approximate surface area is 155 Å². The van der Waals surface area contributed by atoms with Crippen molar-refractivity contribution < 1.29 is 25.9 Å². The fourth-order valence-corrected chi connectivity index (χ4v) is 3.69. The van der Waals surface area contributed by atoms with Crippen LogP contribution in [0.15, 0.2) is 0 Å². The van der Waals surface area contributed by atoms with Crippen molar-refractivity contribution >= 4 is 99.4 Å². The van der Waals surface area contributed by atoms with Gasteiger partial charge in [0, 0.05) is 0 Å². The van der Waals surface area contributed by atoms with Crippen molar-refractivity contribution in [2.75, 3.05) is 11.5 Å². The molecule has 0 aromatic heterocycles. The summed E-state index contributed by atoms with van der Waals surface area (Å²) in [6.45, 7) is 0. The van der Waals surface area contributed by atoms with Gasteiger partial charge in [0.2, 0.25) is 0 Å². The van der Waals surface area contributed by atoms with E-state index in [4.69, 9.17) is 9.11 Å². The van der Waals surface area contributed by atoms with E-state index in [0.717, 1.165) is 63.2 Å². The number of rotatable bonds is 6. The average Bonchev–Trinajstić information content (AvgIpc) is 2.25. The van der Waals surface area contributed by atoms with E-state index in [-0.39, 0.29) is 11.5 Å². The van der Waals surface area contributed by atoms with Crippen LogP contribution < -0.4 is 0 Å². The van der Waals surface area contributed by atoms with Crippen molar-refractivity contribution in [2.45, 2.75) is 20.2 Å². The Morgan fingerprint density at radius 3 is 1.06 bits per heavy atom. The molecule has 0 aliphatic heterocycles. The minimum Gasteiger partial charge on any atom is -0.115 e. The molecular formula is C6H16Na2O6S4.